The highest BCUT2D eigenvalue weighted by Gasteiger charge is 2.17. The van der Waals surface area contributed by atoms with Crippen molar-refractivity contribution in [2.75, 3.05) is 12.1 Å². The van der Waals surface area contributed by atoms with Crippen LogP contribution in [0.25, 0.3) is 0 Å². The van der Waals surface area contributed by atoms with E-state index in [1.807, 2.05) is 32.3 Å². The second kappa shape index (κ2) is 4.77. The van der Waals surface area contributed by atoms with Crippen molar-refractivity contribution in [2.24, 2.45) is 7.05 Å². The smallest absolute Gasteiger partial charge is 0.231 e. The van der Waals surface area contributed by atoms with Gasteiger partial charge in [0.1, 0.15) is 0 Å². The lowest BCUT2D eigenvalue weighted by molar-refractivity contribution is 0.173. The third-order valence-electron chi connectivity index (χ3n) is 2.98. The Morgan fingerprint density at radius 1 is 1.42 bits per heavy atom. The third-order valence-corrected chi connectivity index (χ3v) is 3.57. The molecule has 0 unspecified atom stereocenters. The number of nitrogens with zero attached hydrogens (tertiary/aromatic N) is 2. The Labute approximate surface area is 119 Å². The van der Waals surface area contributed by atoms with Crippen LogP contribution in [0.5, 0.6) is 11.5 Å². The number of hydrogen-bond donors (Lipinski definition) is 1. The summed E-state index contributed by atoms with van der Waals surface area (Å²) in [6.07, 6.45) is 1.97. The summed E-state index contributed by atoms with van der Waals surface area (Å²) in [6.45, 7) is 2.98. The van der Waals surface area contributed by atoms with Crippen LogP contribution in [-0.4, -0.2) is 16.6 Å². The maximum absolute atomic E-state index is 5.40. The first kappa shape index (κ1) is 12.3. The lowest BCUT2D eigenvalue weighted by atomic mass is 10.2. The van der Waals surface area contributed by atoms with Crippen LogP contribution in [0.4, 0.5) is 5.69 Å². The highest BCUT2D eigenvalue weighted by molar-refractivity contribution is 9.10. The number of rotatable bonds is 3. The van der Waals surface area contributed by atoms with E-state index in [0.717, 1.165) is 32.9 Å². The molecule has 0 fully saturated rings. The van der Waals surface area contributed by atoms with Gasteiger partial charge in [0.2, 0.25) is 6.79 Å². The first-order valence-corrected chi connectivity index (χ1v) is 6.75. The number of ether oxygens (including phenoxy) is 2. The minimum absolute atomic E-state index is 0.284. The zero-order valence-corrected chi connectivity index (χ0v) is 12.3. The van der Waals surface area contributed by atoms with Gasteiger partial charge in [0, 0.05) is 19.8 Å². The Morgan fingerprint density at radius 3 is 3.00 bits per heavy atom. The van der Waals surface area contributed by atoms with Crippen LogP contribution in [0, 0.1) is 6.92 Å². The summed E-state index contributed by atoms with van der Waals surface area (Å²) in [5, 5.41) is 7.67. The molecule has 0 saturated carbocycles. The number of nitrogens with one attached hydrogen (secondary N) is 1. The fourth-order valence-corrected chi connectivity index (χ4v) is 2.70. The Bertz CT molecular complexity index is 625. The van der Waals surface area contributed by atoms with E-state index in [1.54, 1.807) is 4.68 Å². The van der Waals surface area contributed by atoms with E-state index in [1.165, 1.54) is 0 Å². The van der Waals surface area contributed by atoms with E-state index >= 15 is 0 Å². The average Bonchev–Trinajstić information content (AvgIpc) is 2.93. The van der Waals surface area contributed by atoms with Crippen LogP contribution < -0.4 is 14.8 Å². The van der Waals surface area contributed by atoms with Gasteiger partial charge in [0.25, 0.3) is 0 Å². The van der Waals surface area contributed by atoms with Crippen LogP contribution in [0.3, 0.4) is 0 Å². The van der Waals surface area contributed by atoms with Crippen molar-refractivity contribution < 1.29 is 9.47 Å². The molecule has 0 amide bonds. The van der Waals surface area contributed by atoms with E-state index in [0.29, 0.717) is 6.54 Å². The lowest BCUT2D eigenvalue weighted by Gasteiger charge is -2.07. The maximum atomic E-state index is 5.40. The molecule has 19 heavy (non-hydrogen) atoms. The molecule has 3 rings (SSSR count). The Morgan fingerprint density at radius 2 is 2.26 bits per heavy atom. The number of aryl methyl sites for hydroxylation is 2. The molecule has 1 N–H and O–H groups in total. The quantitative estimate of drug-likeness (QED) is 0.943. The fraction of sp³-hybridized carbons (Fsp3) is 0.308. The van der Waals surface area contributed by atoms with Crippen molar-refractivity contribution in [2.45, 2.75) is 13.5 Å². The minimum Gasteiger partial charge on any atom is -0.454 e. The molecule has 2 heterocycles. The van der Waals surface area contributed by atoms with Gasteiger partial charge in [-0.05, 0) is 40.5 Å². The lowest BCUT2D eigenvalue weighted by Crippen LogP contribution is -2.00. The monoisotopic (exact) mass is 323 g/mol. The molecule has 2 aromatic rings. The maximum Gasteiger partial charge on any atom is 0.231 e. The van der Waals surface area contributed by atoms with Gasteiger partial charge in [-0.1, -0.05) is 0 Å². The van der Waals surface area contributed by atoms with Gasteiger partial charge in [0.05, 0.1) is 15.9 Å². The molecule has 0 bridgehead atoms. The van der Waals surface area contributed by atoms with Crippen molar-refractivity contribution in [1.29, 1.82) is 0 Å². The van der Waals surface area contributed by atoms with Crippen molar-refractivity contribution in [3.05, 3.63) is 34.1 Å². The largest absolute Gasteiger partial charge is 0.454 e. The van der Waals surface area contributed by atoms with Gasteiger partial charge in [-0.2, -0.15) is 5.10 Å². The zero-order chi connectivity index (χ0) is 13.4. The van der Waals surface area contributed by atoms with Gasteiger partial charge in [-0.3, -0.25) is 4.68 Å². The summed E-state index contributed by atoms with van der Waals surface area (Å²) in [7, 11) is 1.91. The number of halogens is 1. The average molecular weight is 324 g/mol. The zero-order valence-electron chi connectivity index (χ0n) is 10.7. The molecule has 0 radical (unpaired) electrons. The van der Waals surface area contributed by atoms with Crippen LogP contribution in [0.15, 0.2) is 22.8 Å². The molecule has 1 aromatic heterocycles. The number of anilines is 1. The van der Waals surface area contributed by atoms with Crippen LogP contribution in [-0.2, 0) is 13.6 Å². The Balaban J connectivity index is 1.77. The molecule has 0 saturated heterocycles. The summed E-state index contributed by atoms with van der Waals surface area (Å²) in [6, 6.07) is 4.03. The van der Waals surface area contributed by atoms with Crippen LogP contribution >= 0.6 is 15.9 Å². The standard InChI is InChI=1S/C13H14BrN3O2/c1-8-11(6-17(2)16-8)15-5-9-3-10(14)13-12(4-9)18-7-19-13/h3-4,6,15H,5,7H2,1-2H3. The van der Waals surface area contributed by atoms with E-state index in [9.17, 15) is 0 Å². The predicted molar refractivity (Wildman–Crippen MR) is 75.5 cm³/mol. The van der Waals surface area contributed by atoms with E-state index in [-0.39, 0.29) is 6.79 Å². The van der Waals surface area contributed by atoms with Crippen molar-refractivity contribution in [1.82, 2.24) is 9.78 Å². The molecule has 0 spiro atoms. The number of hydrogen-bond acceptors (Lipinski definition) is 4. The summed E-state index contributed by atoms with van der Waals surface area (Å²) in [5.41, 5.74) is 3.15. The summed E-state index contributed by atoms with van der Waals surface area (Å²) in [4.78, 5) is 0. The second-order valence-electron chi connectivity index (χ2n) is 4.47. The molecule has 1 aromatic carbocycles. The Kier molecular flexibility index (Phi) is 3.10. The summed E-state index contributed by atoms with van der Waals surface area (Å²) in [5.74, 6) is 1.57. The number of benzene rings is 1. The molecule has 1 aliphatic rings. The molecular weight excluding hydrogens is 310 g/mol. The first-order valence-electron chi connectivity index (χ1n) is 5.95. The molecular formula is C13H14BrN3O2. The Hall–Kier alpha value is -1.69. The minimum atomic E-state index is 0.284. The molecule has 1 aliphatic heterocycles. The second-order valence-corrected chi connectivity index (χ2v) is 5.32. The number of fused-ring (bicyclic) bond motifs is 1. The van der Waals surface area contributed by atoms with Crippen LogP contribution in [0.1, 0.15) is 11.3 Å². The highest BCUT2D eigenvalue weighted by Crippen LogP contribution is 2.40. The molecule has 6 heteroatoms. The fourth-order valence-electron chi connectivity index (χ4n) is 2.09. The van der Waals surface area contributed by atoms with Crippen LogP contribution in [0.2, 0.25) is 0 Å². The van der Waals surface area contributed by atoms with Gasteiger partial charge in [-0.15, -0.1) is 0 Å². The normalized spacial score (nSPS) is 12.8. The van der Waals surface area contributed by atoms with Gasteiger partial charge < -0.3 is 14.8 Å². The molecule has 5 nitrogen and oxygen atoms in total. The van der Waals surface area contributed by atoms with E-state index in [2.05, 4.69) is 26.3 Å². The van der Waals surface area contributed by atoms with Gasteiger partial charge in [-0.25, -0.2) is 0 Å². The van der Waals surface area contributed by atoms with Gasteiger partial charge in [0.15, 0.2) is 11.5 Å². The highest BCUT2D eigenvalue weighted by atomic mass is 79.9. The van der Waals surface area contributed by atoms with Crippen molar-refractivity contribution in [3.63, 3.8) is 0 Å². The van der Waals surface area contributed by atoms with Gasteiger partial charge >= 0.3 is 0 Å². The predicted octanol–water partition coefficient (Wildman–Crippen LogP) is 2.83. The SMILES string of the molecule is Cc1nn(C)cc1NCc1cc(Br)c2c(c1)OCO2. The topological polar surface area (TPSA) is 48.3 Å². The number of aromatic nitrogens is 2. The van der Waals surface area contributed by atoms with E-state index < -0.39 is 0 Å². The molecule has 0 aliphatic carbocycles. The van der Waals surface area contributed by atoms with Crippen molar-refractivity contribution >= 4 is 21.6 Å². The molecule has 0 atom stereocenters. The van der Waals surface area contributed by atoms with Crippen molar-refractivity contribution in [3.8, 4) is 11.5 Å². The first-order chi connectivity index (χ1) is 9.13. The van der Waals surface area contributed by atoms with E-state index in [4.69, 9.17) is 9.47 Å². The summed E-state index contributed by atoms with van der Waals surface area (Å²) >= 11 is 3.49. The third kappa shape index (κ3) is 2.40. The summed E-state index contributed by atoms with van der Waals surface area (Å²) < 4.78 is 13.5. The molecule has 100 valence electrons.